The van der Waals surface area contributed by atoms with Crippen LogP contribution in [0.3, 0.4) is 0 Å². The normalized spacial score (nSPS) is 25.8. The van der Waals surface area contributed by atoms with Crippen LogP contribution in [0, 0.1) is 0 Å². The summed E-state index contributed by atoms with van der Waals surface area (Å²) < 4.78 is 7.88. The first-order valence-corrected chi connectivity index (χ1v) is 10.5. The van der Waals surface area contributed by atoms with Gasteiger partial charge in [0.05, 0.1) is 18.8 Å². The minimum absolute atomic E-state index is 0. The second kappa shape index (κ2) is 12.6. The Morgan fingerprint density at radius 2 is 2.11 bits per heavy atom. The van der Waals surface area contributed by atoms with Gasteiger partial charge in [-0.3, -0.25) is 4.99 Å². The summed E-state index contributed by atoms with van der Waals surface area (Å²) in [5.41, 5.74) is 0. The smallest absolute Gasteiger partial charge is 0.191 e. The van der Waals surface area contributed by atoms with Crippen molar-refractivity contribution in [1.82, 2.24) is 25.4 Å². The van der Waals surface area contributed by atoms with Gasteiger partial charge < -0.3 is 25.0 Å². The molecule has 1 aliphatic heterocycles. The van der Waals surface area contributed by atoms with Gasteiger partial charge in [0, 0.05) is 32.2 Å². The first-order valence-electron chi connectivity index (χ1n) is 10.5. The second-order valence-corrected chi connectivity index (χ2v) is 7.55. The molecule has 3 N–H and O–H groups in total. The molecule has 3 rings (SSSR count). The van der Waals surface area contributed by atoms with Crippen molar-refractivity contribution in [3.63, 3.8) is 0 Å². The van der Waals surface area contributed by atoms with Gasteiger partial charge >= 0.3 is 0 Å². The molecule has 2 fully saturated rings. The summed E-state index contributed by atoms with van der Waals surface area (Å²) in [7, 11) is 0. The molecule has 1 aromatic heterocycles. The minimum Gasteiger partial charge on any atom is -0.393 e. The molecule has 1 aromatic rings. The molecule has 0 bridgehead atoms. The lowest BCUT2D eigenvalue weighted by molar-refractivity contribution is 0.0224. The zero-order chi connectivity index (χ0) is 18.9. The maximum Gasteiger partial charge on any atom is 0.191 e. The largest absolute Gasteiger partial charge is 0.393 e. The van der Waals surface area contributed by atoms with E-state index < -0.39 is 0 Å². The van der Waals surface area contributed by atoms with Gasteiger partial charge in [-0.25, -0.2) is 0 Å². The second-order valence-electron chi connectivity index (χ2n) is 7.55. The van der Waals surface area contributed by atoms with E-state index in [2.05, 4.69) is 32.3 Å². The number of aliphatic hydroxyl groups excluding tert-OH is 1. The van der Waals surface area contributed by atoms with Crippen LogP contribution in [-0.2, 0) is 17.7 Å². The van der Waals surface area contributed by atoms with Crippen LogP contribution in [0.5, 0.6) is 0 Å². The summed E-state index contributed by atoms with van der Waals surface area (Å²) in [4.78, 5) is 4.79. The Labute approximate surface area is 184 Å². The molecule has 1 unspecified atom stereocenters. The number of halogens is 1. The molecule has 0 radical (unpaired) electrons. The molecule has 2 heterocycles. The van der Waals surface area contributed by atoms with E-state index in [1.165, 1.54) is 6.42 Å². The van der Waals surface area contributed by atoms with Crippen molar-refractivity contribution in [2.45, 2.75) is 83.1 Å². The molecule has 1 saturated carbocycles. The zero-order valence-electron chi connectivity index (χ0n) is 16.8. The zero-order valence-corrected chi connectivity index (χ0v) is 19.2. The number of guanidine groups is 1. The number of hydrogen-bond donors (Lipinski definition) is 3. The Morgan fingerprint density at radius 3 is 2.82 bits per heavy atom. The monoisotopic (exact) mass is 506 g/mol. The Morgan fingerprint density at radius 1 is 1.29 bits per heavy atom. The van der Waals surface area contributed by atoms with E-state index in [0.717, 1.165) is 76.4 Å². The van der Waals surface area contributed by atoms with Crippen molar-refractivity contribution in [3.8, 4) is 0 Å². The third kappa shape index (κ3) is 7.47. The van der Waals surface area contributed by atoms with E-state index in [1.807, 2.05) is 0 Å². The summed E-state index contributed by atoms with van der Waals surface area (Å²) in [6.45, 7) is 5.20. The van der Waals surface area contributed by atoms with Gasteiger partial charge in [-0.05, 0) is 44.9 Å². The van der Waals surface area contributed by atoms with Crippen LogP contribution >= 0.6 is 24.0 Å². The van der Waals surface area contributed by atoms with Crippen molar-refractivity contribution in [1.29, 1.82) is 0 Å². The first-order chi connectivity index (χ1) is 13.2. The van der Waals surface area contributed by atoms with Gasteiger partial charge in [0.2, 0.25) is 0 Å². The lowest BCUT2D eigenvalue weighted by Crippen LogP contribution is -2.46. The third-order valence-corrected chi connectivity index (χ3v) is 5.42. The molecule has 0 spiro atoms. The highest BCUT2D eigenvalue weighted by Crippen LogP contribution is 2.18. The lowest BCUT2D eigenvalue weighted by Gasteiger charge is -2.28. The standard InChI is InChI=1S/C19H34N6O2.HI/c1-2-18-24-22-14-25(18)11-10-20-19(21-13-17-5-3-4-12-27-17)23-15-6-8-16(26)9-7-15;/h14-17,26H,2-13H2,1H3,(H2,20,21,23);1H. The molecule has 0 aromatic carbocycles. The molecular weight excluding hydrogens is 471 g/mol. The quantitative estimate of drug-likeness (QED) is 0.297. The fourth-order valence-corrected chi connectivity index (χ4v) is 3.74. The van der Waals surface area contributed by atoms with Crippen molar-refractivity contribution in [3.05, 3.63) is 12.2 Å². The Bertz CT molecular complexity index is 583. The van der Waals surface area contributed by atoms with Crippen LogP contribution in [0.4, 0.5) is 0 Å². The number of aryl methyl sites for hydroxylation is 1. The van der Waals surface area contributed by atoms with Crippen molar-refractivity contribution >= 4 is 29.9 Å². The van der Waals surface area contributed by atoms with Crippen LogP contribution in [0.15, 0.2) is 11.3 Å². The Hall–Kier alpha value is -0.940. The molecule has 8 nitrogen and oxygen atoms in total. The van der Waals surface area contributed by atoms with Crippen LogP contribution in [-0.4, -0.2) is 63.8 Å². The maximum atomic E-state index is 9.73. The molecule has 28 heavy (non-hydrogen) atoms. The predicted octanol–water partition coefficient (Wildman–Crippen LogP) is 1.87. The van der Waals surface area contributed by atoms with Crippen LogP contribution in [0.25, 0.3) is 0 Å². The molecule has 9 heteroatoms. The summed E-state index contributed by atoms with van der Waals surface area (Å²) >= 11 is 0. The van der Waals surface area contributed by atoms with Crippen LogP contribution < -0.4 is 10.6 Å². The molecule has 2 aliphatic rings. The van der Waals surface area contributed by atoms with Gasteiger partial charge in [-0.2, -0.15) is 0 Å². The minimum atomic E-state index is -0.145. The number of nitrogens with one attached hydrogen (secondary N) is 2. The number of rotatable bonds is 7. The number of ether oxygens (including phenoxy) is 1. The van der Waals surface area contributed by atoms with Gasteiger partial charge in [0.25, 0.3) is 0 Å². The topological polar surface area (TPSA) is 96.6 Å². The van der Waals surface area contributed by atoms with Crippen molar-refractivity contribution in [2.24, 2.45) is 4.99 Å². The highest BCUT2D eigenvalue weighted by atomic mass is 127. The van der Waals surface area contributed by atoms with E-state index in [0.29, 0.717) is 12.6 Å². The van der Waals surface area contributed by atoms with Crippen molar-refractivity contribution in [2.75, 3.05) is 19.7 Å². The first kappa shape index (κ1) is 23.3. The number of aromatic nitrogens is 3. The Kier molecular flexibility index (Phi) is 10.5. The molecule has 1 saturated heterocycles. The average Bonchev–Trinajstić information content (AvgIpc) is 3.16. The van der Waals surface area contributed by atoms with E-state index in [1.54, 1.807) is 6.33 Å². The average molecular weight is 506 g/mol. The van der Waals surface area contributed by atoms with E-state index in [9.17, 15) is 5.11 Å². The van der Waals surface area contributed by atoms with Crippen molar-refractivity contribution < 1.29 is 9.84 Å². The highest BCUT2D eigenvalue weighted by Gasteiger charge is 2.20. The SMILES string of the molecule is CCc1nncn1CCNC(=NCC1CCCCO1)NC1CCC(O)CC1.I. The molecule has 1 atom stereocenters. The van der Waals surface area contributed by atoms with Crippen LogP contribution in [0.2, 0.25) is 0 Å². The molecular formula is C19H35IN6O2. The number of hydrogen-bond acceptors (Lipinski definition) is 5. The summed E-state index contributed by atoms with van der Waals surface area (Å²) in [6.07, 6.45) is 9.90. The fraction of sp³-hybridized carbons (Fsp3) is 0.842. The number of aliphatic imine (C=N–C) groups is 1. The third-order valence-electron chi connectivity index (χ3n) is 5.42. The maximum absolute atomic E-state index is 9.73. The fourth-order valence-electron chi connectivity index (χ4n) is 3.74. The van der Waals surface area contributed by atoms with E-state index in [-0.39, 0.29) is 36.2 Å². The van der Waals surface area contributed by atoms with E-state index in [4.69, 9.17) is 9.73 Å². The summed E-state index contributed by atoms with van der Waals surface area (Å²) in [5, 5.41) is 24.9. The van der Waals surface area contributed by atoms with Gasteiger partial charge in [0.1, 0.15) is 12.2 Å². The molecule has 1 aliphatic carbocycles. The Balaban J connectivity index is 0.00000280. The lowest BCUT2D eigenvalue weighted by atomic mass is 9.93. The predicted molar refractivity (Wildman–Crippen MR) is 120 cm³/mol. The van der Waals surface area contributed by atoms with Crippen LogP contribution in [0.1, 0.15) is 57.7 Å². The van der Waals surface area contributed by atoms with Gasteiger partial charge in [-0.1, -0.05) is 6.92 Å². The molecule has 160 valence electrons. The van der Waals surface area contributed by atoms with Gasteiger partial charge in [0.15, 0.2) is 5.96 Å². The summed E-state index contributed by atoms with van der Waals surface area (Å²) in [6, 6.07) is 0.369. The highest BCUT2D eigenvalue weighted by molar-refractivity contribution is 14.0. The summed E-state index contributed by atoms with van der Waals surface area (Å²) in [5.74, 6) is 1.84. The van der Waals surface area contributed by atoms with Gasteiger partial charge in [-0.15, -0.1) is 34.2 Å². The number of nitrogens with zero attached hydrogens (tertiary/aromatic N) is 4. The van der Waals surface area contributed by atoms with E-state index >= 15 is 0 Å². The molecule has 0 amide bonds. The number of aliphatic hydroxyl groups is 1.